The predicted octanol–water partition coefficient (Wildman–Crippen LogP) is 10.7. The molecule has 0 radical (unpaired) electrons. The van der Waals surface area contributed by atoms with Crippen molar-refractivity contribution in [1.29, 1.82) is 0 Å². The molecule has 0 saturated heterocycles. The van der Waals surface area contributed by atoms with Crippen molar-refractivity contribution < 1.29 is 0 Å². The van der Waals surface area contributed by atoms with E-state index >= 15 is 0 Å². The smallest absolute Gasteiger partial charge is 0.0107 e. The monoisotopic (exact) mass is 670 g/mol. The highest BCUT2D eigenvalue weighted by atomic mass is 32.1. The zero-order valence-electron chi connectivity index (χ0n) is 29.5. The molecule has 47 heavy (non-hydrogen) atoms. The van der Waals surface area contributed by atoms with E-state index in [9.17, 15) is 0 Å². The molecule has 0 amide bonds. The largest absolute Gasteiger partial charge is 0.145 e. The van der Waals surface area contributed by atoms with Gasteiger partial charge in [-0.3, -0.25) is 0 Å². The molecule has 2 unspecified atom stereocenters. The van der Waals surface area contributed by atoms with Gasteiger partial charge in [-0.15, -0.1) is 11.3 Å². The van der Waals surface area contributed by atoms with E-state index in [1.807, 2.05) is 11.3 Å². The second-order valence-electron chi connectivity index (χ2n) is 14.7. The van der Waals surface area contributed by atoms with Gasteiger partial charge in [0, 0.05) is 20.6 Å². The fourth-order valence-electron chi connectivity index (χ4n) is 9.02. The summed E-state index contributed by atoms with van der Waals surface area (Å²) in [5, 5.41) is 9.41. The van der Waals surface area contributed by atoms with Crippen LogP contribution < -0.4 is 26.5 Å². The van der Waals surface area contributed by atoms with Gasteiger partial charge in [0.1, 0.15) is 0 Å². The first-order chi connectivity index (χ1) is 22.5. The second-order valence-corrected chi connectivity index (χ2v) is 20.3. The van der Waals surface area contributed by atoms with E-state index in [1.165, 1.54) is 55.5 Å². The quantitative estimate of drug-likeness (QED) is 0.151. The molecule has 240 valence electrons. The summed E-state index contributed by atoms with van der Waals surface area (Å²) in [6.45, 7) is 22.1. The Morgan fingerprint density at radius 1 is 0.553 bits per heavy atom. The molecular weight excluding hydrogens is 622 g/mol. The Bertz CT molecular complexity index is 1870. The molecule has 0 nitrogen and oxygen atoms in total. The average molecular weight is 671 g/mol. The maximum absolute atomic E-state index is 2.64. The number of aryl methyl sites for hydroxylation is 6. The van der Waals surface area contributed by atoms with Crippen LogP contribution in [0.15, 0.2) is 102 Å². The summed E-state index contributed by atoms with van der Waals surface area (Å²) in [5.41, 5.74) is 9.30. The highest BCUT2D eigenvalue weighted by Gasteiger charge is 2.63. The van der Waals surface area contributed by atoms with Crippen LogP contribution in [0.5, 0.6) is 0 Å². The molecule has 2 aliphatic carbocycles. The van der Waals surface area contributed by atoms with Crippen molar-refractivity contribution in [2.75, 3.05) is 0 Å². The van der Waals surface area contributed by atoms with Gasteiger partial charge in [-0.2, -0.15) is 0 Å². The lowest BCUT2D eigenvalue weighted by Crippen LogP contribution is -2.31. The van der Waals surface area contributed by atoms with Crippen LogP contribution in [0.4, 0.5) is 0 Å². The number of benzene rings is 4. The van der Waals surface area contributed by atoms with Crippen LogP contribution in [0.3, 0.4) is 0 Å². The van der Waals surface area contributed by atoms with Crippen LogP contribution in [0.1, 0.15) is 71.2 Å². The van der Waals surface area contributed by atoms with Gasteiger partial charge in [0.05, 0.1) is 0 Å². The molecule has 0 aliphatic heterocycles. The Kier molecular flexibility index (Phi) is 8.53. The lowest BCUT2D eigenvalue weighted by molar-refractivity contribution is 0.189. The normalized spacial score (nSPS) is 20.2. The van der Waals surface area contributed by atoms with Gasteiger partial charge in [0.15, 0.2) is 0 Å². The molecule has 2 atom stereocenters. The van der Waals surface area contributed by atoms with Crippen molar-refractivity contribution in [3.05, 3.63) is 140 Å². The maximum atomic E-state index is 2.64. The van der Waals surface area contributed by atoms with Crippen molar-refractivity contribution in [3.8, 4) is 0 Å². The van der Waals surface area contributed by atoms with Gasteiger partial charge >= 0.3 is 0 Å². The van der Waals surface area contributed by atoms with Gasteiger partial charge in [-0.1, -0.05) is 118 Å². The standard InChI is InChI=1S/C44H48P2S/c1-28-18-16-19-29(2)39(28)46(40-30(3)20-17-21-31(40)4)42-36-26-27-44(9,43(36,7)8)38(42)37-32(5)47-33(6)41(37)45(34-22-12-10-13-23-34)35-24-14-11-15-25-35/h10-25,36H,26-27H2,1-9H3. The van der Waals surface area contributed by atoms with E-state index in [2.05, 4.69) is 159 Å². The van der Waals surface area contributed by atoms with Crippen molar-refractivity contribution in [2.24, 2.45) is 16.7 Å². The molecule has 0 N–H and O–H groups in total. The van der Waals surface area contributed by atoms with Gasteiger partial charge in [0.25, 0.3) is 0 Å². The van der Waals surface area contributed by atoms with E-state index in [-0.39, 0.29) is 10.8 Å². The van der Waals surface area contributed by atoms with E-state index in [0.29, 0.717) is 5.92 Å². The summed E-state index contributed by atoms with van der Waals surface area (Å²) < 4.78 is 0. The SMILES string of the molecule is Cc1cccc(C)c1P(C1=C(c2c(C)sc(C)c2P(c2ccccc2)c2ccccc2)C2(C)CCC1C2(C)C)c1c(C)cccc1C. The third-order valence-corrected chi connectivity index (χ3v) is 18.8. The van der Waals surface area contributed by atoms with E-state index in [0.717, 1.165) is 0 Å². The Balaban J connectivity index is 1.63. The first-order valence-corrected chi connectivity index (χ1v) is 20.6. The second kappa shape index (κ2) is 12.3. The minimum atomic E-state index is -0.755. The first kappa shape index (κ1) is 32.7. The molecule has 1 heterocycles. The molecule has 5 aromatic rings. The van der Waals surface area contributed by atoms with E-state index in [4.69, 9.17) is 0 Å². The van der Waals surface area contributed by atoms with Crippen molar-refractivity contribution in [1.82, 2.24) is 0 Å². The molecule has 7 rings (SSSR count). The zero-order chi connectivity index (χ0) is 33.2. The molecule has 0 spiro atoms. The van der Waals surface area contributed by atoms with Gasteiger partial charge < -0.3 is 0 Å². The summed E-state index contributed by atoms with van der Waals surface area (Å²) >= 11 is 2.03. The first-order valence-electron chi connectivity index (χ1n) is 17.1. The number of allylic oxidation sites excluding steroid dienone is 2. The molecule has 1 fully saturated rings. The van der Waals surface area contributed by atoms with Crippen LogP contribution >= 0.6 is 27.2 Å². The summed E-state index contributed by atoms with van der Waals surface area (Å²) in [7, 11) is -1.49. The number of hydrogen-bond donors (Lipinski definition) is 0. The third kappa shape index (κ3) is 5.07. The third-order valence-electron chi connectivity index (χ3n) is 11.7. The fraction of sp³-hybridized carbons (Fsp3) is 0.318. The summed E-state index contributed by atoms with van der Waals surface area (Å²) in [6, 6.07) is 36.7. The van der Waals surface area contributed by atoms with Crippen molar-refractivity contribution in [2.45, 2.75) is 75.2 Å². The maximum Gasteiger partial charge on any atom is 0.0107 e. The molecule has 1 aromatic heterocycles. The fourth-order valence-corrected chi connectivity index (χ4v) is 16.8. The lowest BCUT2D eigenvalue weighted by atomic mass is 9.66. The summed E-state index contributed by atoms with van der Waals surface area (Å²) in [5.74, 6) is 0.554. The number of thiophene rings is 1. The minimum absolute atomic E-state index is 0.0994. The van der Waals surface area contributed by atoms with Gasteiger partial charge in [-0.25, -0.2) is 0 Å². The van der Waals surface area contributed by atoms with Gasteiger partial charge in [-0.05, 0) is 141 Å². The van der Waals surface area contributed by atoms with Crippen LogP contribution in [0, 0.1) is 58.3 Å². The highest BCUT2D eigenvalue weighted by Crippen LogP contribution is 2.76. The minimum Gasteiger partial charge on any atom is -0.145 e. The Labute approximate surface area is 289 Å². The van der Waals surface area contributed by atoms with Crippen molar-refractivity contribution >= 4 is 59.3 Å². The molecule has 3 heteroatoms. The topological polar surface area (TPSA) is 0 Å². The highest BCUT2D eigenvalue weighted by molar-refractivity contribution is 7.80. The van der Waals surface area contributed by atoms with Crippen molar-refractivity contribution in [3.63, 3.8) is 0 Å². The Hall–Kier alpha value is -2.82. The van der Waals surface area contributed by atoms with E-state index < -0.39 is 15.8 Å². The molecule has 1 saturated carbocycles. The number of rotatable bonds is 7. The van der Waals surface area contributed by atoms with Gasteiger partial charge in [0.2, 0.25) is 0 Å². The van der Waals surface area contributed by atoms with Crippen LogP contribution in [-0.2, 0) is 0 Å². The summed E-state index contributed by atoms with van der Waals surface area (Å²) in [6.07, 6.45) is 2.54. The molecule has 2 aliphatic rings. The van der Waals surface area contributed by atoms with Crippen LogP contribution in [-0.4, -0.2) is 0 Å². The number of hydrogen-bond acceptors (Lipinski definition) is 1. The molecular formula is C44H48P2S. The van der Waals surface area contributed by atoms with E-state index in [1.54, 1.807) is 32.4 Å². The zero-order valence-corrected chi connectivity index (χ0v) is 32.1. The molecule has 4 aromatic carbocycles. The summed E-state index contributed by atoms with van der Waals surface area (Å²) in [4.78, 5) is 2.97. The van der Waals surface area contributed by atoms with Crippen LogP contribution in [0.25, 0.3) is 5.57 Å². The average Bonchev–Trinajstić information content (AvgIpc) is 3.52. The van der Waals surface area contributed by atoms with Crippen LogP contribution in [0.2, 0.25) is 0 Å². The molecule has 2 bridgehead atoms. The predicted molar refractivity (Wildman–Crippen MR) is 212 cm³/mol. The lowest BCUT2D eigenvalue weighted by Gasteiger charge is -2.38. The Morgan fingerprint density at radius 3 is 1.49 bits per heavy atom. The number of fused-ring (bicyclic) bond motifs is 2. The Morgan fingerprint density at radius 2 is 1.02 bits per heavy atom.